The van der Waals surface area contributed by atoms with Crippen molar-refractivity contribution in [2.24, 2.45) is 0 Å². The van der Waals surface area contributed by atoms with Gasteiger partial charge in [-0.3, -0.25) is 4.79 Å². The van der Waals surface area contributed by atoms with Crippen molar-refractivity contribution in [3.8, 4) is 23.0 Å². The van der Waals surface area contributed by atoms with Crippen LogP contribution in [0.5, 0.6) is 11.5 Å². The topological polar surface area (TPSA) is 99.6 Å². The fraction of sp³-hybridized carbons (Fsp3) is 0.227. The quantitative estimate of drug-likeness (QED) is 0.509. The van der Waals surface area contributed by atoms with E-state index < -0.39 is 0 Å². The molecular formula is C22H21N3O5. The van der Waals surface area contributed by atoms with E-state index in [0.29, 0.717) is 39.6 Å². The molecule has 0 radical (unpaired) electrons. The van der Waals surface area contributed by atoms with E-state index >= 15 is 0 Å². The zero-order valence-corrected chi connectivity index (χ0v) is 17.1. The Kier molecular flexibility index (Phi) is 5.14. The van der Waals surface area contributed by atoms with Gasteiger partial charge in [0, 0.05) is 0 Å². The molecule has 3 aromatic heterocycles. The third-order valence-corrected chi connectivity index (χ3v) is 4.89. The van der Waals surface area contributed by atoms with E-state index in [1.807, 2.05) is 19.1 Å². The summed E-state index contributed by atoms with van der Waals surface area (Å²) in [7, 11) is 3.15. The van der Waals surface area contributed by atoms with E-state index in [1.165, 1.54) is 0 Å². The van der Waals surface area contributed by atoms with Crippen LogP contribution >= 0.6 is 0 Å². The van der Waals surface area contributed by atoms with Gasteiger partial charge in [-0.25, -0.2) is 4.98 Å². The van der Waals surface area contributed by atoms with E-state index in [4.69, 9.17) is 18.4 Å². The van der Waals surface area contributed by atoms with E-state index in [0.717, 1.165) is 5.56 Å². The van der Waals surface area contributed by atoms with E-state index in [2.05, 4.69) is 15.5 Å². The molecule has 8 heteroatoms. The summed E-state index contributed by atoms with van der Waals surface area (Å²) in [6.45, 7) is 3.67. The molecule has 0 saturated heterocycles. The first-order chi connectivity index (χ1) is 14.5. The van der Waals surface area contributed by atoms with Gasteiger partial charge in [0.15, 0.2) is 17.3 Å². The molecule has 1 aromatic carbocycles. The highest BCUT2D eigenvalue weighted by molar-refractivity contribution is 6.07. The highest BCUT2D eigenvalue weighted by atomic mass is 16.5. The molecule has 0 unspecified atom stereocenters. The standard InChI is InChI=1S/C22H21N3O5/c1-12(14-7-8-18(27-3)19(10-14)28-4)23-21(26)15-11-16(17-6-5-9-29-17)24-22-20(15)13(2)25-30-22/h5-12H,1-4H3,(H,23,26)/t12-/m1/s1. The van der Waals surface area contributed by atoms with Crippen LogP contribution in [-0.2, 0) is 0 Å². The van der Waals surface area contributed by atoms with E-state index in [-0.39, 0.29) is 17.7 Å². The van der Waals surface area contributed by atoms with Crippen LogP contribution in [0.2, 0.25) is 0 Å². The summed E-state index contributed by atoms with van der Waals surface area (Å²) < 4.78 is 21.4. The van der Waals surface area contributed by atoms with Crippen LogP contribution in [0.4, 0.5) is 0 Å². The second kappa shape index (κ2) is 7.90. The summed E-state index contributed by atoms with van der Waals surface area (Å²) in [5, 5.41) is 7.55. The molecule has 30 heavy (non-hydrogen) atoms. The molecule has 1 atom stereocenters. The number of rotatable bonds is 6. The van der Waals surface area contributed by atoms with Gasteiger partial charge in [0.1, 0.15) is 5.69 Å². The SMILES string of the molecule is COc1ccc([C@@H](C)NC(=O)c2cc(-c3ccco3)nc3onc(C)c23)cc1OC. The lowest BCUT2D eigenvalue weighted by molar-refractivity contribution is 0.0941. The molecule has 0 aliphatic heterocycles. The molecule has 0 aliphatic rings. The number of amides is 1. The molecule has 8 nitrogen and oxygen atoms in total. The first-order valence-corrected chi connectivity index (χ1v) is 9.35. The fourth-order valence-electron chi connectivity index (χ4n) is 3.30. The molecule has 4 rings (SSSR count). The molecular weight excluding hydrogens is 386 g/mol. The average Bonchev–Trinajstić information content (AvgIpc) is 3.43. The summed E-state index contributed by atoms with van der Waals surface area (Å²) in [6, 6.07) is 10.4. The zero-order valence-electron chi connectivity index (χ0n) is 17.1. The number of benzene rings is 1. The van der Waals surface area contributed by atoms with Gasteiger partial charge in [0.05, 0.1) is 43.2 Å². The number of carbonyl (C=O) groups is 1. The first kappa shape index (κ1) is 19.5. The van der Waals surface area contributed by atoms with Gasteiger partial charge in [0.25, 0.3) is 11.6 Å². The number of methoxy groups -OCH3 is 2. The van der Waals surface area contributed by atoms with Crippen LogP contribution in [0.15, 0.2) is 51.6 Å². The number of nitrogens with one attached hydrogen (secondary N) is 1. The summed E-state index contributed by atoms with van der Waals surface area (Å²) in [4.78, 5) is 17.6. The predicted molar refractivity (Wildman–Crippen MR) is 110 cm³/mol. The lowest BCUT2D eigenvalue weighted by atomic mass is 10.0. The number of pyridine rings is 1. The van der Waals surface area contributed by atoms with Crippen LogP contribution in [-0.4, -0.2) is 30.3 Å². The Morgan fingerprint density at radius 1 is 1.13 bits per heavy atom. The van der Waals surface area contributed by atoms with Gasteiger partial charge in [-0.1, -0.05) is 11.2 Å². The van der Waals surface area contributed by atoms with Crippen LogP contribution in [0.1, 0.15) is 34.6 Å². The second-order valence-corrected chi connectivity index (χ2v) is 6.79. The molecule has 0 bridgehead atoms. The molecule has 1 amide bonds. The average molecular weight is 407 g/mol. The summed E-state index contributed by atoms with van der Waals surface area (Å²) in [5.74, 6) is 1.48. The lowest BCUT2D eigenvalue weighted by Crippen LogP contribution is -2.27. The third kappa shape index (κ3) is 3.47. The number of ether oxygens (including phenoxy) is 2. The van der Waals surface area contributed by atoms with Crippen molar-refractivity contribution in [1.82, 2.24) is 15.5 Å². The fourth-order valence-corrected chi connectivity index (χ4v) is 3.30. The summed E-state index contributed by atoms with van der Waals surface area (Å²) in [6.07, 6.45) is 1.55. The monoisotopic (exact) mass is 407 g/mol. The van der Waals surface area contributed by atoms with Crippen molar-refractivity contribution in [2.45, 2.75) is 19.9 Å². The maximum absolute atomic E-state index is 13.2. The van der Waals surface area contributed by atoms with Gasteiger partial charge in [-0.2, -0.15) is 0 Å². The predicted octanol–water partition coefficient (Wildman–Crippen LogP) is 4.30. The van der Waals surface area contributed by atoms with E-state index in [9.17, 15) is 4.79 Å². The summed E-state index contributed by atoms with van der Waals surface area (Å²) >= 11 is 0. The van der Waals surface area contributed by atoms with Crippen molar-refractivity contribution < 1.29 is 23.2 Å². The molecule has 0 spiro atoms. The number of aromatic nitrogens is 2. The largest absolute Gasteiger partial charge is 0.493 e. The summed E-state index contributed by atoms with van der Waals surface area (Å²) in [5.41, 5.74) is 2.65. The Hall–Kier alpha value is -3.81. The molecule has 1 N–H and O–H groups in total. The highest BCUT2D eigenvalue weighted by Gasteiger charge is 2.22. The number of carbonyl (C=O) groups excluding carboxylic acids is 1. The zero-order chi connectivity index (χ0) is 21.3. The van der Waals surface area contributed by atoms with Crippen molar-refractivity contribution in [3.63, 3.8) is 0 Å². The van der Waals surface area contributed by atoms with Gasteiger partial charge >= 0.3 is 0 Å². The van der Waals surface area contributed by atoms with Gasteiger partial charge < -0.3 is 23.7 Å². The molecule has 0 aliphatic carbocycles. The maximum atomic E-state index is 13.2. The number of hydrogen-bond donors (Lipinski definition) is 1. The van der Waals surface area contributed by atoms with Crippen molar-refractivity contribution in [3.05, 3.63) is 59.5 Å². The van der Waals surface area contributed by atoms with Crippen LogP contribution < -0.4 is 14.8 Å². The minimum absolute atomic E-state index is 0.274. The third-order valence-electron chi connectivity index (χ3n) is 4.89. The molecule has 4 aromatic rings. The number of fused-ring (bicyclic) bond motifs is 1. The molecule has 3 heterocycles. The van der Waals surface area contributed by atoms with Crippen molar-refractivity contribution in [2.75, 3.05) is 14.2 Å². The van der Waals surface area contributed by atoms with Crippen LogP contribution in [0.3, 0.4) is 0 Å². The molecule has 0 fully saturated rings. The Balaban J connectivity index is 1.68. The smallest absolute Gasteiger partial charge is 0.259 e. The Bertz CT molecular complexity index is 1200. The van der Waals surface area contributed by atoms with Gasteiger partial charge in [-0.05, 0) is 49.7 Å². The number of furan rings is 1. The van der Waals surface area contributed by atoms with Crippen LogP contribution in [0.25, 0.3) is 22.6 Å². The number of aryl methyl sites for hydroxylation is 1. The lowest BCUT2D eigenvalue weighted by Gasteiger charge is -2.17. The van der Waals surface area contributed by atoms with Crippen LogP contribution in [0, 0.1) is 6.92 Å². The van der Waals surface area contributed by atoms with Gasteiger partial charge in [-0.15, -0.1) is 0 Å². The molecule has 154 valence electrons. The number of hydrogen-bond acceptors (Lipinski definition) is 7. The Morgan fingerprint density at radius 3 is 2.63 bits per heavy atom. The Morgan fingerprint density at radius 2 is 1.93 bits per heavy atom. The number of nitrogens with zero attached hydrogens (tertiary/aromatic N) is 2. The second-order valence-electron chi connectivity index (χ2n) is 6.79. The molecule has 0 saturated carbocycles. The van der Waals surface area contributed by atoms with Crippen molar-refractivity contribution in [1.29, 1.82) is 0 Å². The van der Waals surface area contributed by atoms with Gasteiger partial charge in [0.2, 0.25) is 0 Å². The minimum atomic E-state index is -0.284. The maximum Gasteiger partial charge on any atom is 0.259 e. The normalized spacial score (nSPS) is 12.0. The van der Waals surface area contributed by atoms with E-state index in [1.54, 1.807) is 51.7 Å². The minimum Gasteiger partial charge on any atom is -0.493 e. The van der Waals surface area contributed by atoms with Crippen molar-refractivity contribution >= 4 is 17.0 Å². The highest BCUT2D eigenvalue weighted by Crippen LogP contribution is 2.31. The first-order valence-electron chi connectivity index (χ1n) is 9.35. The Labute approximate surface area is 172 Å².